The number of rotatable bonds is 8. The maximum atomic E-state index is 12.4. The van der Waals surface area contributed by atoms with Gasteiger partial charge in [-0.25, -0.2) is 0 Å². The van der Waals surface area contributed by atoms with Gasteiger partial charge >= 0.3 is 0 Å². The van der Waals surface area contributed by atoms with Gasteiger partial charge in [0, 0.05) is 23.9 Å². The lowest BCUT2D eigenvalue weighted by Crippen LogP contribution is -2.53. The first-order valence-electron chi connectivity index (χ1n) is 7.77. The number of methoxy groups -OCH3 is 1. The number of halogens is 2. The van der Waals surface area contributed by atoms with Gasteiger partial charge in [-0.1, -0.05) is 15.9 Å². The molecule has 1 atom stereocenters. The maximum Gasteiger partial charge on any atom is 0.220 e. The summed E-state index contributed by atoms with van der Waals surface area (Å²) in [5, 5.41) is 3.00. The van der Waals surface area contributed by atoms with E-state index >= 15 is 0 Å². The number of hydrogen-bond donors (Lipinski definition) is 2. The highest BCUT2D eigenvalue weighted by molar-refractivity contribution is 9.10. The van der Waals surface area contributed by atoms with Gasteiger partial charge in [0.25, 0.3) is 0 Å². The first-order chi connectivity index (χ1) is 10.9. The van der Waals surface area contributed by atoms with E-state index in [0.29, 0.717) is 23.8 Å². The molecule has 1 fully saturated rings. The summed E-state index contributed by atoms with van der Waals surface area (Å²) in [6.45, 7) is 2.39. The van der Waals surface area contributed by atoms with E-state index in [1.165, 1.54) is 7.11 Å². The quantitative estimate of drug-likeness (QED) is 0.634. The Morgan fingerprint density at radius 3 is 2.58 bits per heavy atom. The number of Topliss-reactive ketones (excluding diaryl/α,β-unsaturated/α-hetero) is 1. The van der Waals surface area contributed by atoms with Crippen LogP contribution in [0.15, 0.2) is 22.7 Å². The molecule has 0 radical (unpaired) electrons. The van der Waals surface area contributed by atoms with Crippen molar-refractivity contribution in [2.75, 3.05) is 13.7 Å². The minimum atomic E-state index is -0.354. The SMILES string of the molecule is COc1ccc(Br)cc1C(=O)CCC(=O)NC(C)(CN)C1CC1.Cl. The normalized spacial score (nSPS) is 15.8. The van der Waals surface area contributed by atoms with Crippen molar-refractivity contribution in [2.24, 2.45) is 11.7 Å². The molecule has 1 unspecified atom stereocenters. The summed E-state index contributed by atoms with van der Waals surface area (Å²) in [5.41, 5.74) is 5.93. The van der Waals surface area contributed by atoms with Crippen molar-refractivity contribution >= 4 is 40.0 Å². The highest BCUT2D eigenvalue weighted by Gasteiger charge is 2.41. The second-order valence-electron chi connectivity index (χ2n) is 6.21. The number of nitrogens with two attached hydrogens (primary N) is 1. The van der Waals surface area contributed by atoms with Gasteiger partial charge in [0.05, 0.1) is 18.2 Å². The zero-order chi connectivity index (χ0) is 17.0. The van der Waals surface area contributed by atoms with Crippen LogP contribution in [0.3, 0.4) is 0 Å². The summed E-state index contributed by atoms with van der Waals surface area (Å²) in [7, 11) is 1.52. The maximum absolute atomic E-state index is 12.4. The lowest BCUT2D eigenvalue weighted by molar-refractivity contribution is -0.123. The van der Waals surface area contributed by atoms with Crippen LogP contribution in [0.4, 0.5) is 0 Å². The van der Waals surface area contributed by atoms with E-state index in [0.717, 1.165) is 17.3 Å². The van der Waals surface area contributed by atoms with E-state index in [1.54, 1.807) is 12.1 Å². The van der Waals surface area contributed by atoms with Crippen molar-refractivity contribution in [2.45, 2.75) is 38.1 Å². The second-order valence-corrected chi connectivity index (χ2v) is 7.13. The lowest BCUT2D eigenvalue weighted by Gasteiger charge is -2.29. The van der Waals surface area contributed by atoms with Crippen LogP contribution in [0.25, 0.3) is 0 Å². The fraction of sp³-hybridized carbons (Fsp3) is 0.529. The molecular formula is C17H24BrClN2O3. The summed E-state index contributed by atoms with van der Waals surface area (Å²) >= 11 is 3.34. The fourth-order valence-electron chi connectivity index (χ4n) is 2.68. The molecule has 0 aliphatic heterocycles. The number of carbonyl (C=O) groups is 2. The molecule has 7 heteroatoms. The number of carbonyl (C=O) groups excluding carboxylic acids is 2. The third kappa shape index (κ3) is 5.19. The molecule has 3 N–H and O–H groups in total. The molecule has 0 saturated heterocycles. The van der Waals surface area contributed by atoms with Crippen LogP contribution in [0.1, 0.15) is 43.0 Å². The summed E-state index contributed by atoms with van der Waals surface area (Å²) in [6, 6.07) is 5.26. The van der Waals surface area contributed by atoms with E-state index in [1.807, 2.05) is 13.0 Å². The van der Waals surface area contributed by atoms with E-state index < -0.39 is 0 Å². The lowest BCUT2D eigenvalue weighted by atomic mass is 9.95. The molecule has 1 aliphatic rings. The molecule has 1 saturated carbocycles. The zero-order valence-electron chi connectivity index (χ0n) is 13.9. The molecule has 0 heterocycles. The Kier molecular flexibility index (Phi) is 7.70. The van der Waals surface area contributed by atoms with E-state index in [-0.39, 0.29) is 42.5 Å². The second kappa shape index (κ2) is 8.83. The monoisotopic (exact) mass is 418 g/mol. The van der Waals surface area contributed by atoms with Gasteiger partial charge in [0.15, 0.2) is 5.78 Å². The molecule has 0 spiro atoms. The largest absolute Gasteiger partial charge is 0.496 e. The van der Waals surface area contributed by atoms with E-state index in [2.05, 4.69) is 21.2 Å². The Hall–Kier alpha value is -1.11. The smallest absolute Gasteiger partial charge is 0.220 e. The molecule has 0 bridgehead atoms. The van der Waals surface area contributed by atoms with Crippen molar-refractivity contribution in [3.8, 4) is 5.75 Å². The van der Waals surface area contributed by atoms with Gasteiger partial charge in [0.2, 0.25) is 5.91 Å². The first-order valence-corrected chi connectivity index (χ1v) is 8.56. The van der Waals surface area contributed by atoms with Crippen molar-refractivity contribution < 1.29 is 14.3 Å². The number of ketones is 1. The van der Waals surface area contributed by atoms with Gasteiger partial charge < -0.3 is 15.8 Å². The van der Waals surface area contributed by atoms with Gasteiger partial charge in [-0.3, -0.25) is 9.59 Å². The van der Waals surface area contributed by atoms with Crippen molar-refractivity contribution in [3.05, 3.63) is 28.2 Å². The topological polar surface area (TPSA) is 81.4 Å². The number of nitrogens with one attached hydrogen (secondary N) is 1. The van der Waals surface area contributed by atoms with Gasteiger partial charge in [0.1, 0.15) is 5.75 Å². The van der Waals surface area contributed by atoms with Crippen LogP contribution in [-0.2, 0) is 4.79 Å². The minimum Gasteiger partial charge on any atom is -0.496 e. The highest BCUT2D eigenvalue weighted by Crippen LogP contribution is 2.39. The summed E-state index contributed by atoms with van der Waals surface area (Å²) in [4.78, 5) is 24.5. The molecule has 2 rings (SSSR count). The predicted octanol–water partition coefficient (Wildman–Crippen LogP) is 3.09. The molecular weight excluding hydrogens is 396 g/mol. The Labute approximate surface area is 157 Å². The van der Waals surface area contributed by atoms with Crippen LogP contribution in [-0.4, -0.2) is 30.9 Å². The number of hydrogen-bond acceptors (Lipinski definition) is 4. The number of ether oxygens (including phenoxy) is 1. The number of amides is 1. The summed E-state index contributed by atoms with van der Waals surface area (Å²) in [6.07, 6.45) is 2.49. The van der Waals surface area contributed by atoms with Gasteiger partial charge in [-0.15, -0.1) is 12.4 Å². The minimum absolute atomic E-state index is 0. The van der Waals surface area contributed by atoms with Crippen molar-refractivity contribution in [1.29, 1.82) is 0 Å². The molecule has 1 amide bonds. The third-order valence-electron chi connectivity index (χ3n) is 4.37. The van der Waals surface area contributed by atoms with Crippen molar-refractivity contribution in [1.82, 2.24) is 5.32 Å². The standard InChI is InChI=1S/C17H23BrN2O3.ClH/c1-17(10-19,11-3-4-11)20-16(22)8-6-14(21)13-9-12(18)5-7-15(13)23-2;/h5,7,9,11H,3-4,6,8,10,19H2,1-2H3,(H,20,22);1H. The van der Waals surface area contributed by atoms with Crippen LogP contribution >= 0.6 is 28.3 Å². The third-order valence-corrected chi connectivity index (χ3v) is 4.86. The molecule has 1 aromatic carbocycles. The average molecular weight is 420 g/mol. The van der Waals surface area contributed by atoms with E-state index in [9.17, 15) is 9.59 Å². The molecule has 0 aromatic heterocycles. The Morgan fingerprint density at radius 2 is 2.04 bits per heavy atom. The van der Waals surface area contributed by atoms with Crippen LogP contribution in [0, 0.1) is 5.92 Å². The zero-order valence-corrected chi connectivity index (χ0v) is 16.3. The Balaban J connectivity index is 0.00000288. The summed E-state index contributed by atoms with van der Waals surface area (Å²) in [5.74, 6) is 0.729. The van der Waals surface area contributed by atoms with Gasteiger partial charge in [-0.2, -0.15) is 0 Å². The van der Waals surface area contributed by atoms with Crippen LogP contribution in [0.5, 0.6) is 5.75 Å². The predicted molar refractivity (Wildman–Crippen MR) is 99.8 cm³/mol. The Morgan fingerprint density at radius 1 is 1.38 bits per heavy atom. The van der Waals surface area contributed by atoms with Crippen molar-refractivity contribution in [3.63, 3.8) is 0 Å². The molecule has 24 heavy (non-hydrogen) atoms. The summed E-state index contributed by atoms with van der Waals surface area (Å²) < 4.78 is 6.01. The van der Waals surface area contributed by atoms with Crippen LogP contribution < -0.4 is 15.8 Å². The molecule has 1 aliphatic carbocycles. The average Bonchev–Trinajstić information content (AvgIpc) is 3.37. The number of benzene rings is 1. The fourth-order valence-corrected chi connectivity index (χ4v) is 3.04. The Bertz CT molecular complexity index is 607. The highest BCUT2D eigenvalue weighted by atomic mass is 79.9. The first kappa shape index (κ1) is 20.9. The van der Waals surface area contributed by atoms with Crippen LogP contribution in [0.2, 0.25) is 0 Å². The molecule has 1 aromatic rings. The van der Waals surface area contributed by atoms with Gasteiger partial charge in [-0.05, 0) is 43.9 Å². The molecule has 5 nitrogen and oxygen atoms in total. The van der Waals surface area contributed by atoms with E-state index in [4.69, 9.17) is 10.5 Å². The molecule has 134 valence electrons.